The summed E-state index contributed by atoms with van der Waals surface area (Å²) in [5, 5.41) is 15.8. The van der Waals surface area contributed by atoms with Crippen molar-refractivity contribution in [3.8, 4) is 5.75 Å². The van der Waals surface area contributed by atoms with Crippen molar-refractivity contribution in [3.63, 3.8) is 0 Å². The van der Waals surface area contributed by atoms with Crippen LogP contribution in [0.25, 0.3) is 0 Å². The third-order valence-corrected chi connectivity index (χ3v) is 7.12. The molecule has 0 radical (unpaired) electrons. The van der Waals surface area contributed by atoms with E-state index < -0.39 is 11.9 Å². The maximum Gasteiger partial charge on any atom is 0.414 e. The lowest BCUT2D eigenvalue weighted by molar-refractivity contribution is -0.159. The molecule has 2 N–H and O–H groups in total. The maximum absolute atomic E-state index is 13.5. The largest absolute Gasteiger partial charge is 0.490 e. The van der Waals surface area contributed by atoms with Crippen LogP contribution in [0, 0.1) is 17.6 Å². The molecule has 0 aromatic heterocycles. The number of hydrogen-bond acceptors (Lipinski definition) is 4. The zero-order chi connectivity index (χ0) is 28.4. The fraction of sp³-hybridized carbons (Fsp3) is 0.310. The highest BCUT2D eigenvalue weighted by Crippen LogP contribution is 2.38. The molecular formula is C29H29Cl2F2NO5. The van der Waals surface area contributed by atoms with Gasteiger partial charge in [-0.2, -0.15) is 0 Å². The molecule has 0 saturated carbocycles. The third kappa shape index (κ3) is 9.20. The standard InChI is InChI=1S/C27H27Cl2F2NO.C2H2O4/c28-24-3-1-4-25(29)27(24)33-18-2-15-32-16-13-21(14-17-32)26(19-5-9-22(30)10-6-19)20-7-11-23(31)12-8-20;3-1(4)2(5)6/h1,3-12,21,26H,2,13-18H2;(H,3,4)(H,5,6). The van der Waals surface area contributed by atoms with Crippen molar-refractivity contribution in [2.24, 2.45) is 5.92 Å². The Morgan fingerprint density at radius 3 is 1.74 bits per heavy atom. The first kappa shape index (κ1) is 30.3. The van der Waals surface area contributed by atoms with Gasteiger partial charge in [0.25, 0.3) is 0 Å². The summed E-state index contributed by atoms with van der Waals surface area (Å²) in [6, 6.07) is 18.8. The Morgan fingerprint density at radius 2 is 1.31 bits per heavy atom. The van der Waals surface area contributed by atoms with Crippen LogP contribution in [0.3, 0.4) is 0 Å². The highest BCUT2D eigenvalue weighted by Gasteiger charge is 2.29. The Balaban J connectivity index is 0.000000631. The molecule has 3 aromatic rings. The predicted molar refractivity (Wildman–Crippen MR) is 146 cm³/mol. The Bertz CT molecular complexity index is 1160. The van der Waals surface area contributed by atoms with Crippen molar-refractivity contribution in [1.29, 1.82) is 0 Å². The molecule has 6 nitrogen and oxygen atoms in total. The molecule has 0 unspecified atom stereocenters. The van der Waals surface area contributed by atoms with Crippen LogP contribution < -0.4 is 4.74 Å². The average Bonchev–Trinajstić information content (AvgIpc) is 2.91. The van der Waals surface area contributed by atoms with Gasteiger partial charge in [-0.15, -0.1) is 0 Å². The molecule has 1 aliphatic heterocycles. The monoisotopic (exact) mass is 579 g/mol. The summed E-state index contributed by atoms with van der Waals surface area (Å²) in [5.41, 5.74) is 2.15. The number of carboxylic acid groups (broad SMARTS) is 2. The molecule has 0 aliphatic carbocycles. The van der Waals surface area contributed by atoms with Crippen LogP contribution >= 0.6 is 23.2 Å². The molecule has 0 amide bonds. The second kappa shape index (κ2) is 14.8. The van der Waals surface area contributed by atoms with E-state index in [1.165, 1.54) is 24.3 Å². The topological polar surface area (TPSA) is 87.1 Å². The first-order valence-corrected chi connectivity index (χ1v) is 13.2. The summed E-state index contributed by atoms with van der Waals surface area (Å²) < 4.78 is 32.8. The molecule has 10 heteroatoms. The van der Waals surface area contributed by atoms with E-state index in [9.17, 15) is 8.78 Å². The molecule has 0 spiro atoms. The number of aliphatic carboxylic acids is 2. The van der Waals surface area contributed by atoms with Gasteiger partial charge in [0, 0.05) is 12.5 Å². The average molecular weight is 580 g/mol. The van der Waals surface area contributed by atoms with E-state index in [1.807, 2.05) is 24.3 Å². The van der Waals surface area contributed by atoms with Crippen LogP contribution in [0.1, 0.15) is 36.3 Å². The molecule has 208 valence electrons. The number of ether oxygens (including phenoxy) is 1. The number of piperidine rings is 1. The zero-order valence-electron chi connectivity index (χ0n) is 21.0. The summed E-state index contributed by atoms with van der Waals surface area (Å²) in [6.45, 7) is 3.45. The van der Waals surface area contributed by atoms with Crippen LogP contribution in [-0.2, 0) is 9.59 Å². The van der Waals surface area contributed by atoms with Crippen molar-refractivity contribution in [2.45, 2.75) is 25.2 Å². The van der Waals surface area contributed by atoms with Gasteiger partial charge < -0.3 is 19.8 Å². The number of halogens is 4. The summed E-state index contributed by atoms with van der Waals surface area (Å²) >= 11 is 12.3. The second-order valence-electron chi connectivity index (χ2n) is 9.12. The molecule has 4 rings (SSSR count). The van der Waals surface area contributed by atoms with Crippen LogP contribution in [0.15, 0.2) is 66.7 Å². The zero-order valence-corrected chi connectivity index (χ0v) is 22.5. The van der Waals surface area contributed by atoms with Crippen molar-refractivity contribution in [1.82, 2.24) is 4.90 Å². The molecule has 0 atom stereocenters. The summed E-state index contributed by atoms with van der Waals surface area (Å²) in [7, 11) is 0. The quantitative estimate of drug-likeness (QED) is 0.227. The predicted octanol–water partition coefficient (Wildman–Crippen LogP) is 6.74. The van der Waals surface area contributed by atoms with E-state index in [-0.39, 0.29) is 17.6 Å². The molecule has 1 aliphatic rings. The molecule has 39 heavy (non-hydrogen) atoms. The number of nitrogens with zero attached hydrogens (tertiary/aromatic N) is 1. The first-order valence-electron chi connectivity index (χ1n) is 12.4. The van der Waals surface area contributed by atoms with E-state index in [2.05, 4.69) is 4.90 Å². The first-order chi connectivity index (χ1) is 18.7. The lowest BCUT2D eigenvalue weighted by Gasteiger charge is -2.36. The fourth-order valence-corrected chi connectivity index (χ4v) is 5.18. The van der Waals surface area contributed by atoms with Crippen molar-refractivity contribution in [2.75, 3.05) is 26.2 Å². The maximum atomic E-state index is 13.5. The van der Waals surface area contributed by atoms with E-state index in [4.69, 9.17) is 47.7 Å². The molecule has 1 fully saturated rings. The van der Waals surface area contributed by atoms with Gasteiger partial charge in [0.05, 0.1) is 16.7 Å². The second-order valence-corrected chi connectivity index (χ2v) is 9.94. The van der Waals surface area contributed by atoms with Crippen LogP contribution in [0.4, 0.5) is 8.78 Å². The number of likely N-dealkylation sites (tertiary alicyclic amines) is 1. The minimum absolute atomic E-state index is 0.124. The number of carbonyl (C=O) groups is 2. The van der Waals surface area contributed by atoms with E-state index in [0.29, 0.717) is 28.3 Å². The highest BCUT2D eigenvalue weighted by molar-refractivity contribution is 6.37. The van der Waals surface area contributed by atoms with Gasteiger partial charge in [-0.1, -0.05) is 53.5 Å². The lowest BCUT2D eigenvalue weighted by Crippen LogP contribution is -2.36. The minimum atomic E-state index is -1.82. The highest BCUT2D eigenvalue weighted by atomic mass is 35.5. The third-order valence-electron chi connectivity index (χ3n) is 6.53. The lowest BCUT2D eigenvalue weighted by atomic mass is 9.76. The summed E-state index contributed by atoms with van der Waals surface area (Å²) in [4.78, 5) is 20.6. The Hall–Kier alpha value is -3.20. The Morgan fingerprint density at radius 1 is 0.846 bits per heavy atom. The number of carboxylic acids is 2. The fourth-order valence-electron chi connectivity index (χ4n) is 4.67. The smallest absolute Gasteiger partial charge is 0.414 e. The van der Waals surface area contributed by atoms with Crippen LogP contribution in [0.2, 0.25) is 10.0 Å². The Labute approximate surface area is 235 Å². The molecule has 1 saturated heterocycles. The number of rotatable bonds is 8. The van der Waals surface area contributed by atoms with Gasteiger partial charge in [-0.25, -0.2) is 18.4 Å². The minimum Gasteiger partial charge on any atom is -0.490 e. The van der Waals surface area contributed by atoms with Crippen molar-refractivity contribution >= 4 is 35.1 Å². The summed E-state index contributed by atoms with van der Waals surface area (Å²) in [6.07, 6.45) is 2.93. The summed E-state index contributed by atoms with van der Waals surface area (Å²) in [5.74, 6) is -3.06. The van der Waals surface area contributed by atoms with Crippen LogP contribution in [-0.4, -0.2) is 53.3 Å². The van der Waals surface area contributed by atoms with Gasteiger partial charge >= 0.3 is 11.9 Å². The molecule has 1 heterocycles. The van der Waals surface area contributed by atoms with Gasteiger partial charge in [-0.05, 0) is 85.8 Å². The van der Waals surface area contributed by atoms with E-state index >= 15 is 0 Å². The van der Waals surface area contributed by atoms with Crippen LogP contribution in [0.5, 0.6) is 5.75 Å². The van der Waals surface area contributed by atoms with Gasteiger partial charge in [-0.3, -0.25) is 0 Å². The number of para-hydroxylation sites is 1. The van der Waals surface area contributed by atoms with Gasteiger partial charge in [0.15, 0.2) is 5.75 Å². The normalized spacial score (nSPS) is 14.0. The van der Waals surface area contributed by atoms with Crippen molar-refractivity contribution in [3.05, 3.63) is 99.5 Å². The molecule has 3 aromatic carbocycles. The van der Waals surface area contributed by atoms with E-state index in [0.717, 1.165) is 50.0 Å². The van der Waals surface area contributed by atoms with Crippen molar-refractivity contribution < 1.29 is 33.3 Å². The SMILES string of the molecule is Fc1ccc(C(c2ccc(F)cc2)C2CCN(CCCOc3c(Cl)cccc3Cl)CC2)cc1.O=C(O)C(=O)O. The Kier molecular flexibility index (Phi) is 11.5. The molecule has 0 bridgehead atoms. The van der Waals surface area contributed by atoms with Gasteiger partial charge in [0.1, 0.15) is 11.6 Å². The van der Waals surface area contributed by atoms with E-state index in [1.54, 1.807) is 18.2 Å². The van der Waals surface area contributed by atoms with Gasteiger partial charge in [0.2, 0.25) is 0 Å². The number of hydrogen-bond donors (Lipinski definition) is 2. The number of benzene rings is 3. The molecular weight excluding hydrogens is 551 g/mol.